The summed E-state index contributed by atoms with van der Waals surface area (Å²) in [7, 11) is 0. The third-order valence-corrected chi connectivity index (χ3v) is 5.24. The van der Waals surface area contributed by atoms with Gasteiger partial charge in [0.25, 0.3) is 5.91 Å². The van der Waals surface area contributed by atoms with Crippen molar-refractivity contribution in [1.29, 1.82) is 5.26 Å². The first kappa shape index (κ1) is 21.6. The van der Waals surface area contributed by atoms with Crippen LogP contribution in [0.5, 0.6) is 5.75 Å². The van der Waals surface area contributed by atoms with E-state index >= 15 is 0 Å². The van der Waals surface area contributed by atoms with E-state index in [1.165, 1.54) is 3.57 Å². The molecular weight excluding hydrogens is 487 g/mol. The third-order valence-electron chi connectivity index (χ3n) is 4.52. The summed E-state index contributed by atoms with van der Waals surface area (Å²) in [6.45, 7) is 2.37. The summed E-state index contributed by atoms with van der Waals surface area (Å²) >= 11 is 2.27. The number of amides is 1. The largest absolute Gasteiger partial charge is 0.489 e. The number of halogens is 1. The third kappa shape index (κ3) is 6.19. The van der Waals surface area contributed by atoms with Crippen molar-refractivity contribution in [3.8, 4) is 11.8 Å². The Morgan fingerprint density at radius 2 is 1.73 bits per heavy atom. The van der Waals surface area contributed by atoms with E-state index in [0.29, 0.717) is 6.61 Å². The standard InChI is InChI=1S/C25H21IN2O2/c1-18(21-5-3-2-4-6-21)28-25(29)22(16-27)15-19-9-13-24(14-10-19)30-17-20-7-11-23(26)12-8-20/h2-15,18H,17H2,1H3,(H,28,29)/b22-15-/t18-/m1/s1. The quantitative estimate of drug-likeness (QED) is 0.255. The zero-order chi connectivity index (χ0) is 21.3. The lowest BCUT2D eigenvalue weighted by Gasteiger charge is -2.13. The van der Waals surface area contributed by atoms with E-state index in [9.17, 15) is 10.1 Å². The van der Waals surface area contributed by atoms with Crippen LogP contribution in [0.15, 0.2) is 84.4 Å². The highest BCUT2D eigenvalue weighted by Gasteiger charge is 2.13. The highest BCUT2D eigenvalue weighted by molar-refractivity contribution is 14.1. The van der Waals surface area contributed by atoms with E-state index in [-0.39, 0.29) is 11.6 Å². The molecule has 3 aromatic rings. The SMILES string of the molecule is C[C@@H](NC(=O)/C(C#N)=C\c1ccc(OCc2ccc(I)cc2)cc1)c1ccccc1. The van der Waals surface area contributed by atoms with Crippen LogP contribution in [0.2, 0.25) is 0 Å². The fourth-order valence-corrected chi connectivity index (χ4v) is 3.18. The molecule has 1 atom stereocenters. The second kappa shape index (κ2) is 10.6. The summed E-state index contributed by atoms with van der Waals surface area (Å²) in [5, 5.41) is 12.3. The minimum absolute atomic E-state index is 0.0605. The van der Waals surface area contributed by atoms with Crippen molar-refractivity contribution in [3.05, 3.63) is 105 Å². The highest BCUT2D eigenvalue weighted by atomic mass is 127. The minimum Gasteiger partial charge on any atom is -0.489 e. The Balaban J connectivity index is 1.61. The maximum atomic E-state index is 12.5. The molecule has 150 valence electrons. The van der Waals surface area contributed by atoms with Crippen molar-refractivity contribution in [1.82, 2.24) is 5.32 Å². The van der Waals surface area contributed by atoms with Gasteiger partial charge in [-0.2, -0.15) is 5.26 Å². The Labute approximate surface area is 190 Å². The maximum Gasteiger partial charge on any atom is 0.262 e. The zero-order valence-electron chi connectivity index (χ0n) is 16.5. The fraction of sp³-hybridized carbons (Fsp3) is 0.120. The molecule has 0 saturated heterocycles. The molecule has 30 heavy (non-hydrogen) atoms. The molecule has 0 fully saturated rings. The second-order valence-electron chi connectivity index (χ2n) is 6.76. The summed E-state index contributed by atoms with van der Waals surface area (Å²) in [6.07, 6.45) is 1.58. The Morgan fingerprint density at radius 1 is 1.07 bits per heavy atom. The van der Waals surface area contributed by atoms with Crippen LogP contribution in [-0.2, 0) is 11.4 Å². The molecule has 0 heterocycles. The second-order valence-corrected chi connectivity index (χ2v) is 8.01. The number of nitrogens with one attached hydrogen (secondary N) is 1. The van der Waals surface area contributed by atoms with Crippen molar-refractivity contribution in [2.24, 2.45) is 0 Å². The Kier molecular flexibility index (Phi) is 7.63. The molecule has 0 aliphatic rings. The molecule has 3 rings (SSSR count). The van der Waals surface area contributed by atoms with Crippen molar-refractivity contribution >= 4 is 34.6 Å². The molecule has 1 amide bonds. The topological polar surface area (TPSA) is 62.1 Å². The van der Waals surface area contributed by atoms with Gasteiger partial charge in [-0.25, -0.2) is 0 Å². The van der Waals surface area contributed by atoms with Crippen molar-refractivity contribution < 1.29 is 9.53 Å². The van der Waals surface area contributed by atoms with E-state index in [1.807, 2.05) is 91.9 Å². The van der Waals surface area contributed by atoms with Crippen molar-refractivity contribution in [2.75, 3.05) is 0 Å². The van der Waals surface area contributed by atoms with Gasteiger partial charge in [0.15, 0.2) is 0 Å². The van der Waals surface area contributed by atoms with Crippen LogP contribution >= 0.6 is 22.6 Å². The van der Waals surface area contributed by atoms with Gasteiger partial charge in [0.2, 0.25) is 0 Å². The number of rotatable bonds is 7. The monoisotopic (exact) mass is 508 g/mol. The van der Waals surface area contributed by atoms with Gasteiger partial charge in [0, 0.05) is 3.57 Å². The normalized spacial score (nSPS) is 12.0. The molecule has 0 bridgehead atoms. The first-order valence-electron chi connectivity index (χ1n) is 9.50. The van der Waals surface area contributed by atoms with Gasteiger partial charge in [0.05, 0.1) is 6.04 Å². The number of hydrogen-bond donors (Lipinski definition) is 1. The van der Waals surface area contributed by atoms with Crippen LogP contribution in [0.25, 0.3) is 6.08 Å². The lowest BCUT2D eigenvalue weighted by Crippen LogP contribution is -2.27. The summed E-state index contributed by atoms with van der Waals surface area (Å²) in [6, 6.07) is 26.9. The Bertz CT molecular complexity index is 1050. The number of benzene rings is 3. The smallest absolute Gasteiger partial charge is 0.262 e. The van der Waals surface area contributed by atoms with Crippen LogP contribution in [0.4, 0.5) is 0 Å². The average Bonchev–Trinajstić information content (AvgIpc) is 2.78. The first-order valence-corrected chi connectivity index (χ1v) is 10.6. The van der Waals surface area contributed by atoms with E-state index < -0.39 is 5.91 Å². The lowest BCUT2D eigenvalue weighted by molar-refractivity contribution is -0.117. The molecular formula is C25H21IN2O2. The number of nitriles is 1. The van der Waals surface area contributed by atoms with E-state index in [0.717, 1.165) is 22.4 Å². The van der Waals surface area contributed by atoms with Crippen LogP contribution in [0, 0.1) is 14.9 Å². The number of carbonyl (C=O) groups excluding carboxylic acids is 1. The Morgan fingerprint density at radius 3 is 2.37 bits per heavy atom. The van der Waals surface area contributed by atoms with Gasteiger partial charge >= 0.3 is 0 Å². The van der Waals surface area contributed by atoms with Gasteiger partial charge in [-0.3, -0.25) is 4.79 Å². The van der Waals surface area contributed by atoms with E-state index in [1.54, 1.807) is 6.08 Å². The lowest BCUT2D eigenvalue weighted by atomic mass is 10.1. The van der Waals surface area contributed by atoms with Crippen LogP contribution < -0.4 is 10.1 Å². The van der Waals surface area contributed by atoms with Crippen molar-refractivity contribution in [3.63, 3.8) is 0 Å². The summed E-state index contributed by atoms with van der Waals surface area (Å²) in [4.78, 5) is 12.5. The molecule has 0 aliphatic heterocycles. The molecule has 0 saturated carbocycles. The van der Waals surface area contributed by atoms with Crippen molar-refractivity contribution in [2.45, 2.75) is 19.6 Å². The predicted octanol–water partition coefficient (Wildman–Crippen LogP) is 5.65. The zero-order valence-corrected chi connectivity index (χ0v) is 18.7. The van der Waals surface area contributed by atoms with E-state index in [2.05, 4.69) is 27.9 Å². The van der Waals surface area contributed by atoms with E-state index in [4.69, 9.17) is 4.74 Å². The average molecular weight is 508 g/mol. The number of carbonyl (C=O) groups is 1. The number of hydrogen-bond acceptors (Lipinski definition) is 3. The van der Waals surface area contributed by atoms with Gasteiger partial charge < -0.3 is 10.1 Å². The Hall–Kier alpha value is -3.11. The van der Waals surface area contributed by atoms with Gasteiger partial charge in [-0.15, -0.1) is 0 Å². The summed E-state index contributed by atoms with van der Waals surface area (Å²) in [5.41, 5.74) is 2.90. The summed E-state index contributed by atoms with van der Waals surface area (Å²) in [5.74, 6) is 0.333. The predicted molar refractivity (Wildman–Crippen MR) is 127 cm³/mol. The molecule has 0 spiro atoms. The molecule has 3 aromatic carbocycles. The molecule has 0 aliphatic carbocycles. The number of nitrogens with zero attached hydrogens (tertiary/aromatic N) is 1. The molecule has 1 N–H and O–H groups in total. The molecule has 0 radical (unpaired) electrons. The van der Waals surface area contributed by atoms with Gasteiger partial charge in [0.1, 0.15) is 24.0 Å². The first-order chi connectivity index (χ1) is 14.5. The molecule has 5 heteroatoms. The van der Waals surface area contributed by atoms with Crippen LogP contribution in [-0.4, -0.2) is 5.91 Å². The maximum absolute atomic E-state index is 12.5. The van der Waals surface area contributed by atoms with Crippen LogP contribution in [0.1, 0.15) is 29.7 Å². The molecule has 4 nitrogen and oxygen atoms in total. The molecule has 0 unspecified atom stereocenters. The van der Waals surface area contributed by atoms with Crippen LogP contribution in [0.3, 0.4) is 0 Å². The highest BCUT2D eigenvalue weighted by Crippen LogP contribution is 2.18. The van der Waals surface area contributed by atoms with Gasteiger partial charge in [-0.1, -0.05) is 54.6 Å². The number of ether oxygens (including phenoxy) is 1. The molecule has 0 aromatic heterocycles. The minimum atomic E-state index is -0.395. The summed E-state index contributed by atoms with van der Waals surface area (Å²) < 4.78 is 6.98. The van der Waals surface area contributed by atoms with Gasteiger partial charge in [-0.05, 0) is 76.5 Å². The fourth-order valence-electron chi connectivity index (χ4n) is 2.82.